The second kappa shape index (κ2) is 5.49. The molecule has 0 spiro atoms. The van der Waals surface area contributed by atoms with Gasteiger partial charge in [0.2, 0.25) is 5.91 Å². The number of sulfone groups is 1. The van der Waals surface area contributed by atoms with E-state index in [1.165, 1.54) is 0 Å². The van der Waals surface area contributed by atoms with Crippen LogP contribution in [0.25, 0.3) is 0 Å². The molecule has 18 heavy (non-hydrogen) atoms. The van der Waals surface area contributed by atoms with Crippen LogP contribution >= 0.6 is 0 Å². The van der Waals surface area contributed by atoms with Gasteiger partial charge in [-0.05, 0) is 12.5 Å². The number of carbonyl (C=O) groups is 1. The molecule has 0 radical (unpaired) electrons. The highest BCUT2D eigenvalue weighted by atomic mass is 32.2. The summed E-state index contributed by atoms with van der Waals surface area (Å²) in [6.07, 6.45) is 1.12. The van der Waals surface area contributed by atoms with Gasteiger partial charge in [0.1, 0.15) is 15.4 Å². The van der Waals surface area contributed by atoms with Crippen molar-refractivity contribution >= 4 is 15.7 Å². The van der Waals surface area contributed by atoms with Crippen LogP contribution in [0.5, 0.6) is 0 Å². The summed E-state index contributed by atoms with van der Waals surface area (Å²) in [5.74, 6) is -0.485. The van der Waals surface area contributed by atoms with Crippen LogP contribution in [-0.2, 0) is 20.2 Å². The summed E-state index contributed by atoms with van der Waals surface area (Å²) in [5.41, 5.74) is 5.48. The van der Waals surface area contributed by atoms with Crippen molar-refractivity contribution in [2.24, 2.45) is 5.73 Å². The van der Waals surface area contributed by atoms with Crippen molar-refractivity contribution < 1.29 is 13.2 Å². The van der Waals surface area contributed by atoms with E-state index >= 15 is 0 Å². The summed E-state index contributed by atoms with van der Waals surface area (Å²) in [6.45, 7) is 1.66. The maximum Gasteiger partial charge on any atom is 0.244 e. The van der Waals surface area contributed by atoms with Gasteiger partial charge < -0.3 is 11.1 Å². The van der Waals surface area contributed by atoms with Gasteiger partial charge in [0.05, 0.1) is 5.75 Å². The highest BCUT2D eigenvalue weighted by Gasteiger charge is 2.29. The van der Waals surface area contributed by atoms with Gasteiger partial charge in [0.25, 0.3) is 0 Å². The number of carbonyl (C=O) groups excluding carboxylic acids is 1. The predicted octanol–water partition coefficient (Wildman–Crippen LogP) is 0.0213. The van der Waals surface area contributed by atoms with Crippen molar-refractivity contribution in [3.63, 3.8) is 0 Å². The number of hydrogen-bond acceptors (Lipinski definition) is 4. The molecule has 0 aliphatic rings. The molecule has 1 aromatic rings. The van der Waals surface area contributed by atoms with Crippen LogP contribution in [0.15, 0.2) is 30.3 Å². The number of nitrogens with two attached hydrogens (primary N) is 1. The molecule has 1 unspecified atom stereocenters. The van der Waals surface area contributed by atoms with Crippen molar-refractivity contribution in [3.8, 4) is 0 Å². The summed E-state index contributed by atoms with van der Waals surface area (Å²) < 4.78 is 21.9. The SMILES string of the molecule is CC(N)(C(=O)NCCS(C)(=O)=O)c1ccccc1. The van der Waals surface area contributed by atoms with Gasteiger partial charge in [-0.15, -0.1) is 0 Å². The number of rotatable bonds is 5. The molecule has 0 saturated heterocycles. The normalized spacial score (nSPS) is 14.8. The summed E-state index contributed by atoms with van der Waals surface area (Å²) in [4.78, 5) is 11.9. The van der Waals surface area contributed by atoms with Gasteiger partial charge in [-0.2, -0.15) is 0 Å². The fraction of sp³-hybridized carbons (Fsp3) is 0.417. The fourth-order valence-electron chi connectivity index (χ4n) is 1.45. The molecule has 0 saturated carbocycles. The molecule has 1 aromatic carbocycles. The predicted molar refractivity (Wildman–Crippen MR) is 70.7 cm³/mol. The average molecular weight is 270 g/mol. The lowest BCUT2D eigenvalue weighted by Crippen LogP contribution is -2.49. The van der Waals surface area contributed by atoms with E-state index in [0.717, 1.165) is 6.26 Å². The van der Waals surface area contributed by atoms with Crippen molar-refractivity contribution in [2.45, 2.75) is 12.5 Å². The second-order valence-electron chi connectivity index (χ2n) is 4.45. The van der Waals surface area contributed by atoms with E-state index in [1.807, 2.05) is 6.07 Å². The van der Waals surface area contributed by atoms with E-state index in [1.54, 1.807) is 31.2 Å². The van der Waals surface area contributed by atoms with Crippen molar-refractivity contribution in [1.82, 2.24) is 5.32 Å². The quantitative estimate of drug-likeness (QED) is 0.789. The number of benzene rings is 1. The lowest BCUT2D eigenvalue weighted by Gasteiger charge is -2.23. The molecule has 0 fully saturated rings. The zero-order chi connectivity index (χ0) is 13.8. The van der Waals surface area contributed by atoms with Gasteiger partial charge in [-0.25, -0.2) is 8.42 Å². The molecule has 1 rings (SSSR count). The topological polar surface area (TPSA) is 89.3 Å². The Bertz CT molecular complexity index is 509. The Hall–Kier alpha value is -1.40. The van der Waals surface area contributed by atoms with Gasteiger partial charge in [0, 0.05) is 12.8 Å². The van der Waals surface area contributed by atoms with E-state index in [2.05, 4.69) is 5.32 Å². The minimum Gasteiger partial charge on any atom is -0.353 e. The Morgan fingerprint density at radius 3 is 2.39 bits per heavy atom. The first-order valence-corrected chi connectivity index (χ1v) is 7.60. The van der Waals surface area contributed by atoms with Gasteiger partial charge in [-0.3, -0.25) is 4.79 Å². The standard InChI is InChI=1S/C12H18N2O3S/c1-12(13,10-6-4-3-5-7-10)11(15)14-8-9-18(2,16)17/h3-7H,8-9,13H2,1-2H3,(H,14,15). The molecule has 0 heterocycles. The summed E-state index contributed by atoms with van der Waals surface area (Å²) in [5, 5.41) is 2.53. The van der Waals surface area contributed by atoms with Gasteiger partial charge >= 0.3 is 0 Å². The first-order valence-electron chi connectivity index (χ1n) is 5.54. The van der Waals surface area contributed by atoms with Crippen LogP contribution in [0.1, 0.15) is 12.5 Å². The Morgan fingerprint density at radius 2 is 1.89 bits per heavy atom. The molecular formula is C12H18N2O3S. The van der Waals surface area contributed by atoms with Crippen molar-refractivity contribution in [3.05, 3.63) is 35.9 Å². The second-order valence-corrected chi connectivity index (χ2v) is 6.71. The number of nitrogens with one attached hydrogen (secondary N) is 1. The minimum absolute atomic E-state index is 0.0668. The minimum atomic E-state index is -3.09. The third-order valence-corrected chi connectivity index (χ3v) is 3.55. The van der Waals surface area contributed by atoms with Gasteiger partial charge in [0.15, 0.2) is 0 Å². The zero-order valence-corrected chi connectivity index (χ0v) is 11.3. The maximum absolute atomic E-state index is 11.9. The molecule has 100 valence electrons. The van der Waals surface area contributed by atoms with E-state index in [-0.39, 0.29) is 12.3 Å². The Morgan fingerprint density at radius 1 is 1.33 bits per heavy atom. The molecule has 1 atom stereocenters. The largest absolute Gasteiger partial charge is 0.353 e. The molecule has 0 bridgehead atoms. The number of hydrogen-bond donors (Lipinski definition) is 2. The molecule has 0 aliphatic heterocycles. The van der Waals surface area contributed by atoms with E-state index in [9.17, 15) is 13.2 Å². The third-order valence-electron chi connectivity index (χ3n) is 2.60. The molecule has 1 amide bonds. The fourth-order valence-corrected chi connectivity index (χ4v) is 1.92. The summed E-state index contributed by atoms with van der Waals surface area (Å²) in [6, 6.07) is 8.95. The highest BCUT2D eigenvalue weighted by molar-refractivity contribution is 7.90. The van der Waals surface area contributed by atoms with E-state index in [4.69, 9.17) is 5.73 Å². The zero-order valence-electron chi connectivity index (χ0n) is 10.5. The highest BCUT2D eigenvalue weighted by Crippen LogP contribution is 2.17. The first kappa shape index (κ1) is 14.7. The molecule has 6 heteroatoms. The van der Waals surface area contributed by atoms with Crippen LogP contribution in [-0.4, -0.2) is 32.9 Å². The van der Waals surface area contributed by atoms with Crippen LogP contribution < -0.4 is 11.1 Å². The van der Waals surface area contributed by atoms with E-state index < -0.39 is 21.3 Å². The monoisotopic (exact) mass is 270 g/mol. The average Bonchev–Trinajstić information content (AvgIpc) is 2.28. The Kier molecular flexibility index (Phi) is 4.48. The first-order chi connectivity index (χ1) is 8.23. The molecule has 3 N–H and O–H groups in total. The van der Waals surface area contributed by atoms with E-state index in [0.29, 0.717) is 5.56 Å². The molecule has 5 nitrogen and oxygen atoms in total. The molecule has 0 aromatic heterocycles. The third kappa shape index (κ3) is 4.12. The van der Waals surface area contributed by atoms with Crippen LogP contribution in [0.3, 0.4) is 0 Å². The maximum atomic E-state index is 11.9. The Labute approximate surface area is 107 Å². The molecular weight excluding hydrogens is 252 g/mol. The lowest BCUT2D eigenvalue weighted by atomic mass is 9.92. The lowest BCUT2D eigenvalue weighted by molar-refractivity contribution is -0.125. The molecule has 0 aliphatic carbocycles. The summed E-state index contributed by atoms with van der Waals surface area (Å²) >= 11 is 0. The van der Waals surface area contributed by atoms with Crippen LogP contribution in [0, 0.1) is 0 Å². The number of amides is 1. The summed E-state index contributed by atoms with van der Waals surface area (Å²) in [7, 11) is -3.09. The Balaban J connectivity index is 2.66. The van der Waals surface area contributed by atoms with Gasteiger partial charge in [-0.1, -0.05) is 30.3 Å². The van der Waals surface area contributed by atoms with Crippen LogP contribution in [0.4, 0.5) is 0 Å². The van der Waals surface area contributed by atoms with Crippen molar-refractivity contribution in [2.75, 3.05) is 18.6 Å². The smallest absolute Gasteiger partial charge is 0.244 e. The van der Waals surface area contributed by atoms with Crippen molar-refractivity contribution in [1.29, 1.82) is 0 Å². The van der Waals surface area contributed by atoms with Crippen LogP contribution in [0.2, 0.25) is 0 Å².